The Labute approximate surface area is 146 Å². The lowest BCUT2D eigenvalue weighted by molar-refractivity contribution is -0.117. The lowest BCUT2D eigenvalue weighted by atomic mass is 10.3. The summed E-state index contributed by atoms with van der Waals surface area (Å²) in [4.78, 5) is 12.1. The van der Waals surface area contributed by atoms with Gasteiger partial charge in [0.25, 0.3) is 0 Å². The van der Waals surface area contributed by atoms with Crippen LogP contribution in [0.1, 0.15) is 26.5 Å². The molecule has 1 aromatic carbocycles. The molecule has 0 aliphatic heterocycles. The van der Waals surface area contributed by atoms with Crippen LogP contribution in [0.3, 0.4) is 0 Å². The number of rotatable bonds is 7. The second-order valence-corrected chi connectivity index (χ2v) is 7.51. The van der Waals surface area contributed by atoms with Crippen LogP contribution < -0.4 is 14.8 Å². The van der Waals surface area contributed by atoms with Gasteiger partial charge in [0.1, 0.15) is 11.5 Å². The van der Waals surface area contributed by atoms with E-state index in [2.05, 4.69) is 15.2 Å². The number of anilines is 1. The molecular formula is C16H21N3O5S. The fourth-order valence-electron chi connectivity index (χ4n) is 1.98. The lowest BCUT2D eigenvalue weighted by Gasteiger charge is -2.14. The molecule has 1 atom stereocenters. The molecule has 0 spiro atoms. The normalized spacial score (nSPS) is 12.8. The van der Waals surface area contributed by atoms with Crippen molar-refractivity contribution in [3.05, 3.63) is 36.1 Å². The van der Waals surface area contributed by atoms with Gasteiger partial charge in [-0.1, -0.05) is 5.16 Å². The summed E-state index contributed by atoms with van der Waals surface area (Å²) in [7, 11) is -3.85. The minimum atomic E-state index is -3.85. The predicted molar refractivity (Wildman–Crippen MR) is 91.9 cm³/mol. The maximum atomic E-state index is 12.4. The third-order valence-corrected chi connectivity index (χ3v) is 4.67. The molecule has 0 unspecified atom stereocenters. The van der Waals surface area contributed by atoms with Crippen LogP contribution in [0.15, 0.2) is 39.8 Å². The van der Waals surface area contributed by atoms with Gasteiger partial charge in [-0.15, -0.1) is 0 Å². The number of amides is 1. The zero-order chi connectivity index (χ0) is 18.6. The molecule has 2 rings (SSSR count). The van der Waals surface area contributed by atoms with Gasteiger partial charge in [-0.25, -0.2) is 8.42 Å². The predicted octanol–water partition coefficient (Wildman–Crippen LogP) is 2.08. The molecule has 0 aliphatic rings. The summed E-state index contributed by atoms with van der Waals surface area (Å²) in [6.07, 6.45) is -0.00975. The summed E-state index contributed by atoms with van der Waals surface area (Å²) in [6, 6.07) is 6.52. The number of hydrogen-bond donors (Lipinski definition) is 2. The van der Waals surface area contributed by atoms with E-state index in [-0.39, 0.29) is 16.8 Å². The standard InChI is InChI=1S/C16H21N3O5S/c1-10(2)23-13-5-7-14(8-6-13)25(21,22)19-12(4)16(20)17-15-9-11(3)24-18-15/h5-10,12,19H,1-4H3,(H,17,18,20)/t12-/m0/s1. The number of ether oxygens (including phenoxy) is 1. The molecule has 0 saturated carbocycles. The van der Waals surface area contributed by atoms with Crippen molar-refractivity contribution >= 4 is 21.7 Å². The van der Waals surface area contributed by atoms with Crippen LogP contribution in [0.2, 0.25) is 0 Å². The highest BCUT2D eigenvalue weighted by Gasteiger charge is 2.22. The largest absolute Gasteiger partial charge is 0.491 e. The number of benzene rings is 1. The summed E-state index contributed by atoms with van der Waals surface area (Å²) in [5.41, 5.74) is 0. The number of aromatic nitrogens is 1. The summed E-state index contributed by atoms with van der Waals surface area (Å²) in [5.74, 6) is 0.786. The Bertz CT molecular complexity index is 828. The van der Waals surface area contributed by atoms with Crippen molar-refractivity contribution < 1.29 is 22.5 Å². The van der Waals surface area contributed by atoms with Gasteiger partial charge >= 0.3 is 0 Å². The van der Waals surface area contributed by atoms with Crippen molar-refractivity contribution in [3.63, 3.8) is 0 Å². The van der Waals surface area contributed by atoms with Crippen LogP contribution in [0.5, 0.6) is 5.75 Å². The van der Waals surface area contributed by atoms with E-state index >= 15 is 0 Å². The number of hydrogen-bond acceptors (Lipinski definition) is 6. The highest BCUT2D eigenvalue weighted by molar-refractivity contribution is 7.89. The molecule has 9 heteroatoms. The first-order chi connectivity index (χ1) is 11.7. The topological polar surface area (TPSA) is 111 Å². The Morgan fingerprint density at radius 3 is 2.36 bits per heavy atom. The molecule has 0 fully saturated rings. The molecular weight excluding hydrogens is 346 g/mol. The summed E-state index contributed by atoms with van der Waals surface area (Å²) >= 11 is 0. The summed E-state index contributed by atoms with van der Waals surface area (Å²) < 4.78 is 37.4. The molecule has 0 bridgehead atoms. The quantitative estimate of drug-likeness (QED) is 0.775. The van der Waals surface area contributed by atoms with Crippen LogP contribution in [0.25, 0.3) is 0 Å². The van der Waals surface area contributed by atoms with E-state index in [0.29, 0.717) is 11.5 Å². The highest BCUT2D eigenvalue weighted by Crippen LogP contribution is 2.17. The molecule has 8 nitrogen and oxygen atoms in total. The maximum Gasteiger partial charge on any atom is 0.243 e. The fraction of sp³-hybridized carbons (Fsp3) is 0.375. The van der Waals surface area contributed by atoms with Crippen LogP contribution in [0.4, 0.5) is 5.82 Å². The zero-order valence-electron chi connectivity index (χ0n) is 14.4. The van der Waals surface area contributed by atoms with E-state index in [1.54, 1.807) is 19.1 Å². The third-order valence-electron chi connectivity index (χ3n) is 3.11. The van der Waals surface area contributed by atoms with Gasteiger partial charge in [0.2, 0.25) is 15.9 Å². The highest BCUT2D eigenvalue weighted by atomic mass is 32.2. The van der Waals surface area contributed by atoms with Gasteiger partial charge in [0, 0.05) is 6.07 Å². The lowest BCUT2D eigenvalue weighted by Crippen LogP contribution is -2.41. The third kappa shape index (κ3) is 5.30. The minimum absolute atomic E-state index is 0.00975. The van der Waals surface area contributed by atoms with Crippen molar-refractivity contribution in [1.82, 2.24) is 9.88 Å². The number of sulfonamides is 1. The van der Waals surface area contributed by atoms with Crippen molar-refractivity contribution in [3.8, 4) is 5.75 Å². The number of nitrogens with one attached hydrogen (secondary N) is 2. The average molecular weight is 367 g/mol. The average Bonchev–Trinajstić information content (AvgIpc) is 2.91. The molecule has 1 aromatic heterocycles. The zero-order valence-corrected chi connectivity index (χ0v) is 15.3. The molecule has 0 saturated heterocycles. The molecule has 0 radical (unpaired) electrons. The van der Waals surface area contributed by atoms with Crippen molar-refractivity contribution in [2.24, 2.45) is 0 Å². The Morgan fingerprint density at radius 1 is 1.20 bits per heavy atom. The number of nitrogens with zero attached hydrogens (tertiary/aromatic N) is 1. The van der Waals surface area contributed by atoms with Crippen LogP contribution in [-0.4, -0.2) is 31.6 Å². The van der Waals surface area contributed by atoms with Crippen molar-refractivity contribution in [1.29, 1.82) is 0 Å². The maximum absolute atomic E-state index is 12.4. The van der Waals surface area contributed by atoms with Crippen LogP contribution >= 0.6 is 0 Å². The van der Waals surface area contributed by atoms with E-state index in [0.717, 1.165) is 0 Å². The summed E-state index contributed by atoms with van der Waals surface area (Å²) in [6.45, 7) is 6.88. The molecule has 25 heavy (non-hydrogen) atoms. The van der Waals surface area contributed by atoms with Crippen molar-refractivity contribution in [2.45, 2.75) is 44.7 Å². The Morgan fingerprint density at radius 2 is 1.84 bits per heavy atom. The van der Waals surface area contributed by atoms with Gasteiger partial charge in [0.15, 0.2) is 5.82 Å². The van der Waals surface area contributed by atoms with Gasteiger partial charge in [0.05, 0.1) is 17.0 Å². The first-order valence-corrected chi connectivity index (χ1v) is 9.19. The van der Waals surface area contributed by atoms with Gasteiger partial charge in [-0.2, -0.15) is 4.72 Å². The molecule has 136 valence electrons. The molecule has 2 N–H and O–H groups in total. The van der Waals surface area contributed by atoms with E-state index in [1.807, 2.05) is 13.8 Å². The Hall–Kier alpha value is -2.39. The Balaban J connectivity index is 2.02. The van der Waals surface area contributed by atoms with Gasteiger partial charge in [-0.05, 0) is 52.0 Å². The first kappa shape index (κ1) is 18.9. The second kappa shape index (κ2) is 7.66. The summed E-state index contributed by atoms with van der Waals surface area (Å²) in [5, 5.41) is 6.10. The Kier molecular flexibility index (Phi) is 5.81. The number of carbonyl (C=O) groups excluding carboxylic acids is 1. The van der Waals surface area contributed by atoms with Crippen LogP contribution in [0, 0.1) is 6.92 Å². The SMILES string of the molecule is Cc1cc(NC(=O)[C@H](C)NS(=O)(=O)c2ccc(OC(C)C)cc2)no1. The van der Waals surface area contributed by atoms with Gasteiger partial charge < -0.3 is 14.6 Å². The number of aryl methyl sites for hydroxylation is 1. The smallest absolute Gasteiger partial charge is 0.243 e. The molecule has 1 heterocycles. The second-order valence-electron chi connectivity index (χ2n) is 5.79. The van der Waals surface area contributed by atoms with Crippen LogP contribution in [-0.2, 0) is 14.8 Å². The fourth-order valence-corrected chi connectivity index (χ4v) is 3.19. The monoisotopic (exact) mass is 367 g/mol. The van der Waals surface area contributed by atoms with E-state index < -0.39 is 22.0 Å². The minimum Gasteiger partial charge on any atom is -0.491 e. The van der Waals surface area contributed by atoms with E-state index in [1.165, 1.54) is 25.1 Å². The van der Waals surface area contributed by atoms with Gasteiger partial charge in [-0.3, -0.25) is 4.79 Å². The van der Waals surface area contributed by atoms with E-state index in [4.69, 9.17) is 9.26 Å². The van der Waals surface area contributed by atoms with Crippen molar-refractivity contribution in [2.75, 3.05) is 5.32 Å². The molecule has 2 aromatic rings. The first-order valence-electron chi connectivity index (χ1n) is 7.70. The molecule has 1 amide bonds. The molecule has 0 aliphatic carbocycles. The number of carbonyl (C=O) groups is 1. The van der Waals surface area contributed by atoms with E-state index in [9.17, 15) is 13.2 Å².